The van der Waals surface area contributed by atoms with Gasteiger partial charge >= 0.3 is 33.4 Å². The molecule has 1 heterocycles. The third kappa shape index (κ3) is 6.83. The minimum atomic E-state index is -6.44. The molecule has 0 spiro atoms. The van der Waals surface area contributed by atoms with E-state index in [1.54, 1.807) is 0 Å². The van der Waals surface area contributed by atoms with Crippen LogP contribution in [0, 0.1) is 0 Å². The number of hydrogen-bond donors (Lipinski definition) is 1. The topological polar surface area (TPSA) is 117 Å². The van der Waals surface area contributed by atoms with Gasteiger partial charge < -0.3 is 19.5 Å². The van der Waals surface area contributed by atoms with Crippen LogP contribution in [0.2, 0.25) is 0 Å². The fraction of sp³-hybridized carbons (Fsp3) is 0.765. The molecule has 0 bridgehead atoms. The summed E-state index contributed by atoms with van der Waals surface area (Å²) in [5.41, 5.74) is -3.73. The lowest BCUT2D eigenvalue weighted by Crippen LogP contribution is -2.57. The molecule has 0 aromatic rings. The minimum absolute atomic E-state index is 0.00823. The molecule has 0 aromatic carbocycles. The van der Waals surface area contributed by atoms with Gasteiger partial charge in [-0.1, -0.05) is 6.58 Å². The molecule has 0 saturated carbocycles. The molecular weight excluding hydrogens is 473 g/mol. The van der Waals surface area contributed by atoms with Crippen LogP contribution in [0.4, 0.5) is 22.0 Å². The minimum Gasteiger partial charge on any atom is -0.460 e. The van der Waals surface area contributed by atoms with Crippen LogP contribution < -0.4 is 5.32 Å². The number of rotatable bonds is 10. The fourth-order valence-corrected chi connectivity index (χ4v) is 3.55. The number of esters is 1. The molecular formula is C17H24F5NO8S. The number of ether oxygens (including phenoxy) is 3. The number of amides is 1. The van der Waals surface area contributed by atoms with Crippen molar-refractivity contribution in [1.29, 1.82) is 0 Å². The summed E-state index contributed by atoms with van der Waals surface area (Å²) in [6.45, 7) is 4.45. The number of hydrogen-bond acceptors (Lipinski definition) is 8. The fourth-order valence-electron chi connectivity index (χ4n) is 2.51. The molecule has 1 fully saturated rings. The van der Waals surface area contributed by atoms with Crippen molar-refractivity contribution in [2.75, 3.05) is 26.4 Å². The molecule has 1 atom stereocenters. The molecule has 0 aliphatic carbocycles. The monoisotopic (exact) mass is 497 g/mol. The van der Waals surface area contributed by atoms with Crippen molar-refractivity contribution in [3.8, 4) is 0 Å². The quantitative estimate of drug-likeness (QED) is 0.160. The first-order valence-electron chi connectivity index (χ1n) is 9.15. The number of carbonyl (C=O) groups excluding carboxylic acids is 2. The van der Waals surface area contributed by atoms with E-state index >= 15 is 0 Å². The third-order valence-electron chi connectivity index (χ3n) is 4.20. The summed E-state index contributed by atoms with van der Waals surface area (Å²) in [5, 5.41) is -3.94. The Hall–Kier alpha value is -1.84. The molecule has 32 heavy (non-hydrogen) atoms. The van der Waals surface area contributed by atoms with Gasteiger partial charge in [0.05, 0.1) is 19.8 Å². The second kappa shape index (κ2) is 9.97. The average Bonchev–Trinajstić information content (AvgIpc) is 2.63. The normalized spacial score (nSPS) is 19.0. The van der Waals surface area contributed by atoms with Crippen LogP contribution in [0.25, 0.3) is 0 Å². The zero-order valence-electron chi connectivity index (χ0n) is 17.5. The van der Waals surface area contributed by atoms with E-state index in [0.29, 0.717) is 6.42 Å². The summed E-state index contributed by atoms with van der Waals surface area (Å²) >= 11 is 0. The van der Waals surface area contributed by atoms with E-state index in [-0.39, 0.29) is 25.7 Å². The summed E-state index contributed by atoms with van der Waals surface area (Å²) in [6, 6.07) is 0. The van der Waals surface area contributed by atoms with Gasteiger partial charge in [-0.05, 0) is 27.2 Å². The van der Waals surface area contributed by atoms with E-state index in [9.17, 15) is 40.0 Å². The zero-order chi connectivity index (χ0) is 25.0. The Kier molecular flexibility index (Phi) is 8.78. The number of halogens is 5. The van der Waals surface area contributed by atoms with E-state index < -0.39 is 64.4 Å². The largest absolute Gasteiger partial charge is 0.460 e. The summed E-state index contributed by atoms with van der Waals surface area (Å²) in [6.07, 6.45) is -6.41. The highest BCUT2D eigenvalue weighted by Gasteiger charge is 2.64. The molecule has 1 N–H and O–H groups in total. The van der Waals surface area contributed by atoms with Gasteiger partial charge in [-0.25, -0.2) is 8.98 Å². The first-order valence-corrected chi connectivity index (χ1v) is 10.6. The van der Waals surface area contributed by atoms with Gasteiger partial charge in [0, 0.05) is 12.0 Å². The van der Waals surface area contributed by atoms with Crippen molar-refractivity contribution in [3.05, 3.63) is 12.2 Å². The van der Waals surface area contributed by atoms with Crippen molar-refractivity contribution in [2.45, 2.75) is 56.4 Å². The lowest BCUT2D eigenvalue weighted by atomic mass is 9.95. The Balaban J connectivity index is 2.97. The van der Waals surface area contributed by atoms with Crippen LogP contribution >= 0.6 is 0 Å². The lowest BCUT2D eigenvalue weighted by molar-refractivity contribution is -0.312. The maximum absolute atomic E-state index is 14.2. The van der Waals surface area contributed by atoms with Crippen molar-refractivity contribution in [1.82, 2.24) is 5.32 Å². The molecule has 186 valence electrons. The van der Waals surface area contributed by atoms with E-state index in [1.807, 2.05) is 0 Å². The molecule has 15 heteroatoms. The Morgan fingerprint density at radius 2 is 1.69 bits per heavy atom. The van der Waals surface area contributed by atoms with Gasteiger partial charge in [-0.2, -0.15) is 30.4 Å². The zero-order valence-corrected chi connectivity index (χ0v) is 18.3. The van der Waals surface area contributed by atoms with E-state index in [1.165, 1.54) is 12.2 Å². The van der Waals surface area contributed by atoms with Crippen molar-refractivity contribution < 1.29 is 58.4 Å². The molecule has 1 aliphatic heterocycles. The van der Waals surface area contributed by atoms with Crippen LogP contribution in [0.1, 0.15) is 33.6 Å². The molecule has 1 rings (SSSR count). The summed E-state index contributed by atoms with van der Waals surface area (Å²) < 4.78 is 112. The van der Waals surface area contributed by atoms with E-state index in [0.717, 1.165) is 6.92 Å². The highest BCUT2D eigenvalue weighted by atomic mass is 32.2. The number of alkyl halides is 5. The Bertz CT molecular complexity index is 823. The van der Waals surface area contributed by atoms with Gasteiger partial charge in [-0.15, -0.1) is 0 Å². The Morgan fingerprint density at radius 1 is 1.16 bits per heavy atom. The average molecular weight is 497 g/mol. The predicted molar refractivity (Wildman–Crippen MR) is 97.7 cm³/mol. The summed E-state index contributed by atoms with van der Waals surface area (Å²) in [5.74, 6) is -5.34. The van der Waals surface area contributed by atoms with Crippen molar-refractivity contribution >= 4 is 22.0 Å². The first kappa shape index (κ1) is 28.2. The molecule has 0 radical (unpaired) electrons. The molecule has 1 saturated heterocycles. The summed E-state index contributed by atoms with van der Waals surface area (Å²) in [7, 11) is -6.44. The van der Waals surface area contributed by atoms with Crippen LogP contribution in [-0.4, -0.2) is 69.5 Å². The second-order valence-corrected chi connectivity index (χ2v) is 8.90. The van der Waals surface area contributed by atoms with Gasteiger partial charge in [0.1, 0.15) is 6.61 Å². The Labute approximate surface area is 181 Å². The SMILES string of the molecule is C=C(C)C(=O)OCCNC(=O)C(F)(F)S(=O)(=O)OC(C)(CC1(C)OCCCO1)C(F)(F)F. The van der Waals surface area contributed by atoms with Gasteiger partial charge in [-0.3, -0.25) is 4.79 Å². The first-order chi connectivity index (χ1) is 14.4. The maximum Gasteiger partial charge on any atom is 0.446 e. The third-order valence-corrected chi connectivity index (χ3v) is 5.60. The van der Waals surface area contributed by atoms with Crippen LogP contribution in [0.15, 0.2) is 12.2 Å². The Morgan fingerprint density at radius 3 is 2.16 bits per heavy atom. The van der Waals surface area contributed by atoms with Crippen molar-refractivity contribution in [2.24, 2.45) is 0 Å². The van der Waals surface area contributed by atoms with Crippen LogP contribution in [0.3, 0.4) is 0 Å². The molecule has 1 unspecified atom stereocenters. The standard InChI is InChI=1S/C17H24F5NO8S/c1-11(2)12(24)28-9-6-23-13(25)16(18,19)32(26,27)31-14(3,17(20,21)22)10-15(4)29-7-5-8-30-15/h1,5-10H2,2-4H3,(H,23,25). The second-order valence-electron chi connectivity index (χ2n) is 7.32. The van der Waals surface area contributed by atoms with E-state index in [4.69, 9.17) is 9.47 Å². The molecule has 1 amide bonds. The highest BCUT2D eigenvalue weighted by molar-refractivity contribution is 7.88. The summed E-state index contributed by atoms with van der Waals surface area (Å²) in [4.78, 5) is 22.8. The predicted octanol–water partition coefficient (Wildman–Crippen LogP) is 2.03. The number of nitrogens with one attached hydrogen (secondary N) is 1. The molecule has 9 nitrogen and oxygen atoms in total. The van der Waals surface area contributed by atoms with Crippen molar-refractivity contribution in [3.63, 3.8) is 0 Å². The van der Waals surface area contributed by atoms with Gasteiger partial charge in [0.25, 0.3) is 0 Å². The molecule has 1 aliphatic rings. The number of carbonyl (C=O) groups is 2. The van der Waals surface area contributed by atoms with Crippen LogP contribution in [0.5, 0.6) is 0 Å². The highest BCUT2D eigenvalue weighted by Crippen LogP contribution is 2.44. The van der Waals surface area contributed by atoms with Gasteiger partial charge in [0.15, 0.2) is 11.4 Å². The smallest absolute Gasteiger partial charge is 0.446 e. The van der Waals surface area contributed by atoms with Crippen LogP contribution in [-0.2, 0) is 38.1 Å². The molecule has 0 aromatic heterocycles. The lowest BCUT2D eigenvalue weighted by Gasteiger charge is -2.41. The van der Waals surface area contributed by atoms with E-state index in [2.05, 4.69) is 15.5 Å². The van der Waals surface area contributed by atoms with Gasteiger partial charge in [0.2, 0.25) is 0 Å². The maximum atomic E-state index is 14.2.